The van der Waals surface area contributed by atoms with Gasteiger partial charge in [-0.15, -0.1) is 0 Å². The fourth-order valence-corrected chi connectivity index (χ4v) is 1.82. The number of aryl methyl sites for hydroxylation is 1. The SMILES string of the molecule is Cc1cccc(C(Cn2ccnc2)C(=O)O)c1. The lowest BCUT2D eigenvalue weighted by atomic mass is 9.97. The minimum atomic E-state index is -0.815. The summed E-state index contributed by atoms with van der Waals surface area (Å²) >= 11 is 0. The summed E-state index contributed by atoms with van der Waals surface area (Å²) in [6, 6.07) is 7.60. The Morgan fingerprint density at radius 2 is 2.35 bits per heavy atom. The lowest BCUT2D eigenvalue weighted by molar-refractivity contribution is -0.139. The smallest absolute Gasteiger partial charge is 0.312 e. The number of imidazole rings is 1. The van der Waals surface area contributed by atoms with E-state index < -0.39 is 11.9 Å². The van der Waals surface area contributed by atoms with E-state index in [0.717, 1.165) is 11.1 Å². The Morgan fingerprint density at radius 1 is 1.53 bits per heavy atom. The van der Waals surface area contributed by atoms with Gasteiger partial charge in [0.1, 0.15) is 0 Å². The number of carboxylic acids is 1. The van der Waals surface area contributed by atoms with Gasteiger partial charge in [0.25, 0.3) is 0 Å². The minimum Gasteiger partial charge on any atom is -0.481 e. The number of hydrogen-bond acceptors (Lipinski definition) is 2. The summed E-state index contributed by atoms with van der Waals surface area (Å²) < 4.78 is 1.78. The largest absolute Gasteiger partial charge is 0.481 e. The molecule has 0 radical (unpaired) electrons. The zero-order valence-electron chi connectivity index (χ0n) is 9.58. The fraction of sp³-hybridized carbons (Fsp3) is 0.231. The molecule has 0 spiro atoms. The van der Waals surface area contributed by atoms with Crippen LogP contribution in [0.15, 0.2) is 43.0 Å². The molecule has 0 saturated carbocycles. The third-order valence-corrected chi connectivity index (χ3v) is 2.70. The van der Waals surface area contributed by atoms with E-state index in [-0.39, 0.29) is 0 Å². The highest BCUT2D eigenvalue weighted by Gasteiger charge is 2.20. The molecule has 2 aromatic rings. The van der Waals surface area contributed by atoms with Gasteiger partial charge < -0.3 is 9.67 Å². The quantitative estimate of drug-likeness (QED) is 0.874. The molecular weight excluding hydrogens is 216 g/mol. The minimum absolute atomic E-state index is 0.402. The molecule has 0 aliphatic rings. The van der Waals surface area contributed by atoms with Crippen LogP contribution in [0, 0.1) is 6.92 Å². The van der Waals surface area contributed by atoms with Gasteiger partial charge in [0.15, 0.2) is 0 Å². The van der Waals surface area contributed by atoms with Gasteiger partial charge in [-0.25, -0.2) is 4.98 Å². The zero-order chi connectivity index (χ0) is 12.3. The molecule has 0 fully saturated rings. The number of rotatable bonds is 4. The number of aromatic nitrogens is 2. The number of nitrogens with zero attached hydrogens (tertiary/aromatic N) is 2. The van der Waals surface area contributed by atoms with E-state index in [2.05, 4.69) is 4.98 Å². The first kappa shape index (κ1) is 11.4. The third-order valence-electron chi connectivity index (χ3n) is 2.70. The molecule has 4 heteroatoms. The second kappa shape index (κ2) is 4.82. The van der Waals surface area contributed by atoms with E-state index >= 15 is 0 Å². The lowest BCUT2D eigenvalue weighted by Gasteiger charge is -2.13. The van der Waals surface area contributed by atoms with Crippen LogP contribution < -0.4 is 0 Å². The molecule has 1 aromatic heterocycles. The van der Waals surface area contributed by atoms with Gasteiger partial charge in [-0.3, -0.25) is 4.79 Å². The first-order valence-electron chi connectivity index (χ1n) is 5.42. The summed E-state index contributed by atoms with van der Waals surface area (Å²) in [5.41, 5.74) is 1.89. The molecule has 0 saturated heterocycles. The van der Waals surface area contributed by atoms with Gasteiger partial charge in [-0.2, -0.15) is 0 Å². The van der Waals surface area contributed by atoms with Crippen LogP contribution in [-0.2, 0) is 11.3 Å². The van der Waals surface area contributed by atoms with Gasteiger partial charge in [0.05, 0.1) is 12.2 Å². The summed E-state index contributed by atoms with van der Waals surface area (Å²) in [6.45, 7) is 2.36. The third kappa shape index (κ3) is 2.72. The van der Waals surface area contributed by atoms with Crippen molar-refractivity contribution in [2.24, 2.45) is 0 Å². The van der Waals surface area contributed by atoms with Crippen molar-refractivity contribution in [3.63, 3.8) is 0 Å². The molecule has 1 atom stereocenters. The predicted octanol–water partition coefficient (Wildman–Crippen LogP) is 2.06. The number of aliphatic carboxylic acids is 1. The first-order chi connectivity index (χ1) is 8.16. The van der Waals surface area contributed by atoms with Gasteiger partial charge in [0, 0.05) is 18.9 Å². The van der Waals surface area contributed by atoms with E-state index in [1.165, 1.54) is 0 Å². The molecule has 2 rings (SSSR count). The molecule has 1 heterocycles. The van der Waals surface area contributed by atoms with E-state index in [4.69, 9.17) is 0 Å². The van der Waals surface area contributed by atoms with Crippen LogP contribution in [-0.4, -0.2) is 20.6 Å². The second-order valence-electron chi connectivity index (χ2n) is 4.06. The van der Waals surface area contributed by atoms with Crippen molar-refractivity contribution in [1.82, 2.24) is 9.55 Å². The van der Waals surface area contributed by atoms with E-state index in [1.807, 2.05) is 31.2 Å². The Kier molecular flexibility index (Phi) is 3.23. The number of benzene rings is 1. The van der Waals surface area contributed by atoms with Crippen LogP contribution in [0.3, 0.4) is 0 Å². The van der Waals surface area contributed by atoms with E-state index in [9.17, 15) is 9.90 Å². The molecule has 0 aliphatic heterocycles. The fourth-order valence-electron chi connectivity index (χ4n) is 1.82. The topological polar surface area (TPSA) is 55.1 Å². The maximum absolute atomic E-state index is 11.3. The van der Waals surface area contributed by atoms with Gasteiger partial charge in [-0.1, -0.05) is 29.8 Å². The van der Waals surface area contributed by atoms with Crippen LogP contribution >= 0.6 is 0 Å². The van der Waals surface area contributed by atoms with Gasteiger partial charge >= 0.3 is 5.97 Å². The molecule has 1 N–H and O–H groups in total. The molecule has 0 aliphatic carbocycles. The summed E-state index contributed by atoms with van der Waals surface area (Å²) in [5, 5.41) is 9.28. The number of carboxylic acid groups (broad SMARTS) is 1. The second-order valence-corrected chi connectivity index (χ2v) is 4.06. The Morgan fingerprint density at radius 3 is 2.94 bits per heavy atom. The molecule has 0 amide bonds. The average Bonchev–Trinajstić information content (AvgIpc) is 2.78. The van der Waals surface area contributed by atoms with Crippen molar-refractivity contribution < 1.29 is 9.90 Å². The molecule has 88 valence electrons. The average molecular weight is 230 g/mol. The molecule has 0 bridgehead atoms. The van der Waals surface area contributed by atoms with Crippen LogP contribution in [0.4, 0.5) is 0 Å². The van der Waals surface area contributed by atoms with Crippen molar-refractivity contribution in [2.45, 2.75) is 19.4 Å². The highest BCUT2D eigenvalue weighted by Crippen LogP contribution is 2.19. The van der Waals surface area contributed by atoms with Crippen molar-refractivity contribution >= 4 is 5.97 Å². The zero-order valence-corrected chi connectivity index (χ0v) is 9.58. The molecule has 4 nitrogen and oxygen atoms in total. The van der Waals surface area contributed by atoms with Crippen molar-refractivity contribution in [3.8, 4) is 0 Å². The summed E-state index contributed by atoms with van der Waals surface area (Å²) in [5.74, 6) is -1.35. The van der Waals surface area contributed by atoms with Crippen molar-refractivity contribution in [2.75, 3.05) is 0 Å². The van der Waals surface area contributed by atoms with Crippen LogP contribution in [0.2, 0.25) is 0 Å². The number of hydrogen-bond donors (Lipinski definition) is 1. The Balaban J connectivity index is 2.26. The van der Waals surface area contributed by atoms with Crippen LogP contribution in [0.5, 0.6) is 0 Å². The summed E-state index contributed by atoms with van der Waals surface area (Å²) in [6.07, 6.45) is 5.05. The molecule has 17 heavy (non-hydrogen) atoms. The van der Waals surface area contributed by atoms with E-state index in [1.54, 1.807) is 23.3 Å². The first-order valence-corrected chi connectivity index (χ1v) is 5.42. The van der Waals surface area contributed by atoms with E-state index in [0.29, 0.717) is 6.54 Å². The predicted molar refractivity (Wildman–Crippen MR) is 63.8 cm³/mol. The normalized spacial score (nSPS) is 12.3. The summed E-state index contributed by atoms with van der Waals surface area (Å²) in [7, 11) is 0. The highest BCUT2D eigenvalue weighted by atomic mass is 16.4. The Labute approximate surface area is 99.5 Å². The van der Waals surface area contributed by atoms with Crippen molar-refractivity contribution in [1.29, 1.82) is 0 Å². The van der Waals surface area contributed by atoms with Crippen LogP contribution in [0.25, 0.3) is 0 Å². The maximum Gasteiger partial charge on any atom is 0.312 e. The van der Waals surface area contributed by atoms with Crippen LogP contribution in [0.1, 0.15) is 17.0 Å². The standard InChI is InChI=1S/C13H14N2O2/c1-10-3-2-4-11(7-10)12(13(16)17)8-15-6-5-14-9-15/h2-7,9,12H,8H2,1H3,(H,16,17). The Hall–Kier alpha value is -2.10. The summed E-state index contributed by atoms with van der Waals surface area (Å²) in [4.78, 5) is 15.2. The lowest BCUT2D eigenvalue weighted by Crippen LogP contribution is -2.17. The number of carbonyl (C=O) groups is 1. The molecular formula is C13H14N2O2. The Bertz CT molecular complexity index is 506. The highest BCUT2D eigenvalue weighted by molar-refractivity contribution is 5.76. The van der Waals surface area contributed by atoms with Gasteiger partial charge in [0.2, 0.25) is 0 Å². The monoisotopic (exact) mass is 230 g/mol. The molecule has 1 aromatic carbocycles. The van der Waals surface area contributed by atoms with Gasteiger partial charge in [-0.05, 0) is 12.5 Å². The van der Waals surface area contributed by atoms with Crippen molar-refractivity contribution in [3.05, 3.63) is 54.1 Å². The molecule has 1 unspecified atom stereocenters. The maximum atomic E-state index is 11.3.